The number of amides is 1. The van der Waals surface area contributed by atoms with Crippen LogP contribution in [0.5, 0.6) is 11.5 Å². The van der Waals surface area contributed by atoms with Crippen LogP contribution in [0.2, 0.25) is 0 Å². The molecule has 3 aromatic rings. The number of anilines is 1. The van der Waals surface area contributed by atoms with Crippen LogP contribution in [0.4, 0.5) is 5.69 Å². The second-order valence-corrected chi connectivity index (χ2v) is 9.86. The van der Waals surface area contributed by atoms with Gasteiger partial charge in [-0.1, -0.05) is 30.3 Å². The Kier molecular flexibility index (Phi) is 7.83. The van der Waals surface area contributed by atoms with Gasteiger partial charge in [0.25, 0.3) is 10.0 Å². The van der Waals surface area contributed by atoms with Crippen molar-refractivity contribution in [3.63, 3.8) is 0 Å². The number of carbonyl (C=O) groups is 1. The van der Waals surface area contributed by atoms with E-state index >= 15 is 0 Å². The maximum Gasteiger partial charge on any atom is 0.264 e. The third kappa shape index (κ3) is 5.51. The number of benzene rings is 3. The van der Waals surface area contributed by atoms with Crippen molar-refractivity contribution < 1.29 is 22.7 Å². The van der Waals surface area contributed by atoms with Crippen LogP contribution in [0.15, 0.2) is 71.6 Å². The third-order valence-corrected chi connectivity index (χ3v) is 7.47. The minimum Gasteiger partial charge on any atom is -0.493 e. The lowest BCUT2D eigenvalue weighted by Gasteiger charge is -2.26. The van der Waals surface area contributed by atoms with E-state index in [0.29, 0.717) is 17.2 Å². The number of carbonyl (C=O) groups excluding carboxylic acids is 1. The summed E-state index contributed by atoms with van der Waals surface area (Å²) in [5, 5.41) is 2.89. The molecular formula is C26H30N2O5S. The molecule has 0 spiro atoms. The molecule has 1 N–H and O–H groups in total. The Hall–Kier alpha value is -3.52. The number of nitrogens with zero attached hydrogens (tertiary/aromatic N) is 1. The van der Waals surface area contributed by atoms with E-state index in [9.17, 15) is 13.2 Å². The number of sulfonamides is 1. The highest BCUT2D eigenvalue weighted by atomic mass is 32.2. The zero-order chi connectivity index (χ0) is 24.9. The number of hydrogen-bond acceptors (Lipinski definition) is 5. The van der Waals surface area contributed by atoms with Crippen molar-refractivity contribution in [3.8, 4) is 11.5 Å². The molecular weight excluding hydrogens is 452 g/mol. The summed E-state index contributed by atoms with van der Waals surface area (Å²) < 4.78 is 38.7. The number of hydrogen-bond donors (Lipinski definition) is 1. The van der Waals surface area contributed by atoms with Crippen LogP contribution in [-0.4, -0.2) is 35.1 Å². The summed E-state index contributed by atoms with van der Waals surface area (Å²) >= 11 is 0. The molecule has 3 rings (SSSR count). The van der Waals surface area contributed by atoms with E-state index in [1.165, 1.54) is 12.1 Å². The molecule has 0 saturated heterocycles. The third-order valence-electron chi connectivity index (χ3n) is 5.68. The van der Waals surface area contributed by atoms with Crippen molar-refractivity contribution in [3.05, 3.63) is 83.4 Å². The minimum absolute atomic E-state index is 0.119. The van der Waals surface area contributed by atoms with E-state index in [-0.39, 0.29) is 17.5 Å². The van der Waals surface area contributed by atoms with Gasteiger partial charge < -0.3 is 14.8 Å². The van der Waals surface area contributed by atoms with Crippen LogP contribution >= 0.6 is 0 Å². The molecule has 0 fully saturated rings. The molecule has 3 aromatic carbocycles. The fraction of sp³-hybridized carbons (Fsp3) is 0.269. The van der Waals surface area contributed by atoms with Gasteiger partial charge in [0.05, 0.1) is 30.8 Å². The molecule has 1 amide bonds. The van der Waals surface area contributed by atoms with Crippen molar-refractivity contribution in [1.82, 2.24) is 5.32 Å². The quantitative estimate of drug-likeness (QED) is 0.489. The lowest BCUT2D eigenvalue weighted by molar-refractivity contribution is -0.120. The monoisotopic (exact) mass is 482 g/mol. The molecule has 0 aliphatic carbocycles. The van der Waals surface area contributed by atoms with E-state index in [1.807, 2.05) is 32.9 Å². The first-order valence-corrected chi connectivity index (χ1v) is 12.3. The summed E-state index contributed by atoms with van der Waals surface area (Å²) in [6.07, 6.45) is 0. The molecule has 180 valence electrons. The topological polar surface area (TPSA) is 84.9 Å². The van der Waals surface area contributed by atoms with Crippen LogP contribution in [0.3, 0.4) is 0 Å². The summed E-state index contributed by atoms with van der Waals surface area (Å²) in [6.45, 7) is 5.32. The Morgan fingerprint density at radius 3 is 2.21 bits per heavy atom. The van der Waals surface area contributed by atoms with Gasteiger partial charge in [-0.05, 0) is 73.9 Å². The van der Waals surface area contributed by atoms with Gasteiger partial charge in [0.2, 0.25) is 5.91 Å². The lowest BCUT2D eigenvalue weighted by atomic mass is 10.1. The van der Waals surface area contributed by atoms with Gasteiger partial charge in [-0.15, -0.1) is 0 Å². The average Bonchev–Trinajstić information content (AvgIpc) is 2.84. The number of rotatable bonds is 9. The summed E-state index contributed by atoms with van der Waals surface area (Å²) in [5.74, 6) is 0.698. The number of nitrogens with one attached hydrogen (secondary N) is 1. The Balaban J connectivity index is 1.89. The van der Waals surface area contributed by atoms with Crippen molar-refractivity contribution >= 4 is 21.6 Å². The van der Waals surface area contributed by atoms with E-state index in [0.717, 1.165) is 21.0 Å². The van der Waals surface area contributed by atoms with E-state index in [4.69, 9.17) is 9.47 Å². The molecule has 8 heteroatoms. The zero-order valence-corrected chi connectivity index (χ0v) is 20.8. The Bertz CT molecular complexity index is 1260. The van der Waals surface area contributed by atoms with Gasteiger partial charge in [-0.3, -0.25) is 9.10 Å². The molecule has 0 radical (unpaired) electrons. The molecule has 34 heavy (non-hydrogen) atoms. The summed E-state index contributed by atoms with van der Waals surface area (Å²) in [7, 11) is -0.868. The maximum absolute atomic E-state index is 13.5. The smallest absolute Gasteiger partial charge is 0.264 e. The van der Waals surface area contributed by atoms with Crippen molar-refractivity contribution in [2.45, 2.75) is 31.7 Å². The summed E-state index contributed by atoms with van der Waals surface area (Å²) in [4.78, 5) is 13.2. The predicted molar refractivity (Wildman–Crippen MR) is 133 cm³/mol. The molecule has 0 aliphatic heterocycles. The molecule has 0 aromatic heterocycles. The highest BCUT2D eigenvalue weighted by Gasteiger charge is 2.28. The lowest BCUT2D eigenvalue weighted by Crippen LogP contribution is -2.41. The first-order chi connectivity index (χ1) is 16.2. The first-order valence-electron chi connectivity index (χ1n) is 10.8. The highest BCUT2D eigenvalue weighted by molar-refractivity contribution is 7.92. The van der Waals surface area contributed by atoms with Crippen LogP contribution in [0.25, 0.3) is 0 Å². The van der Waals surface area contributed by atoms with Gasteiger partial charge in [-0.25, -0.2) is 8.42 Å². The second kappa shape index (κ2) is 10.6. The number of ether oxygens (including phenoxy) is 2. The van der Waals surface area contributed by atoms with Crippen LogP contribution < -0.4 is 19.1 Å². The van der Waals surface area contributed by atoms with E-state index in [2.05, 4.69) is 5.32 Å². The van der Waals surface area contributed by atoms with Crippen LogP contribution in [0.1, 0.15) is 29.7 Å². The highest BCUT2D eigenvalue weighted by Crippen LogP contribution is 2.30. The van der Waals surface area contributed by atoms with Gasteiger partial charge in [0.15, 0.2) is 11.5 Å². The van der Waals surface area contributed by atoms with Crippen molar-refractivity contribution in [2.24, 2.45) is 0 Å². The van der Waals surface area contributed by atoms with Crippen LogP contribution in [-0.2, 0) is 14.8 Å². The molecule has 0 bridgehead atoms. The Labute approximate surface area is 201 Å². The maximum atomic E-state index is 13.5. The Morgan fingerprint density at radius 2 is 1.59 bits per heavy atom. The minimum atomic E-state index is -3.96. The number of aryl methyl sites for hydroxylation is 2. The second-order valence-electron chi connectivity index (χ2n) is 8.00. The molecule has 0 saturated carbocycles. The Morgan fingerprint density at radius 1 is 0.912 bits per heavy atom. The van der Waals surface area contributed by atoms with Gasteiger partial charge >= 0.3 is 0 Å². The first kappa shape index (κ1) is 25.1. The van der Waals surface area contributed by atoms with E-state index < -0.39 is 15.9 Å². The molecule has 1 unspecified atom stereocenters. The molecule has 7 nitrogen and oxygen atoms in total. The largest absolute Gasteiger partial charge is 0.493 e. The van der Waals surface area contributed by atoms with Gasteiger partial charge in [0, 0.05) is 0 Å². The predicted octanol–water partition coefficient (Wildman–Crippen LogP) is 4.39. The molecule has 0 heterocycles. The fourth-order valence-electron chi connectivity index (χ4n) is 3.54. The normalized spacial score (nSPS) is 12.0. The number of methoxy groups -OCH3 is 2. The van der Waals surface area contributed by atoms with Crippen molar-refractivity contribution in [2.75, 3.05) is 25.1 Å². The zero-order valence-electron chi connectivity index (χ0n) is 20.0. The summed E-state index contributed by atoms with van der Waals surface area (Å²) in [6, 6.07) is 18.4. The average molecular weight is 483 g/mol. The standard InChI is InChI=1S/C26H30N2O5S/c1-18-11-13-22(15-19(18)2)28(34(30,31)23-9-7-6-8-10-23)17-26(29)27-20(3)21-12-14-24(32-4)25(16-21)33-5/h6-16,20H,17H2,1-5H3,(H,27,29). The fourth-order valence-corrected chi connectivity index (χ4v) is 4.97. The molecule has 1 atom stereocenters. The SMILES string of the molecule is COc1ccc(C(C)NC(=O)CN(c2ccc(C)c(C)c2)S(=O)(=O)c2ccccc2)cc1OC. The van der Waals surface area contributed by atoms with Gasteiger partial charge in [-0.2, -0.15) is 0 Å². The van der Waals surface area contributed by atoms with Crippen molar-refractivity contribution in [1.29, 1.82) is 0 Å². The van der Waals surface area contributed by atoms with Crippen LogP contribution in [0, 0.1) is 13.8 Å². The van der Waals surface area contributed by atoms with E-state index in [1.54, 1.807) is 56.7 Å². The van der Waals surface area contributed by atoms with Gasteiger partial charge in [0.1, 0.15) is 6.54 Å². The summed E-state index contributed by atoms with van der Waals surface area (Å²) in [5.41, 5.74) is 3.20. The molecule has 0 aliphatic rings.